The fourth-order valence-corrected chi connectivity index (χ4v) is 3.68. The second kappa shape index (κ2) is 11.7. The Labute approximate surface area is 172 Å². The Hall–Kier alpha value is -0.830. The largest absolute Gasteiger partial charge is 0.466 e. The van der Waals surface area contributed by atoms with Gasteiger partial charge in [0.1, 0.15) is 0 Å². The topological polar surface area (TPSA) is 53.9 Å². The summed E-state index contributed by atoms with van der Waals surface area (Å²) in [5.74, 6) is 1.37. The molecule has 1 N–H and O–H groups in total. The van der Waals surface area contributed by atoms with Crippen LogP contribution in [0.4, 0.5) is 0 Å². The Morgan fingerprint density at radius 1 is 1.44 bits per heavy atom. The van der Waals surface area contributed by atoms with E-state index in [2.05, 4.69) is 41.6 Å². The molecular weight excluding hydrogens is 449 g/mol. The van der Waals surface area contributed by atoms with Crippen molar-refractivity contribution in [2.75, 3.05) is 32.8 Å². The number of carbonyl (C=O) groups is 1. The molecule has 1 saturated heterocycles. The summed E-state index contributed by atoms with van der Waals surface area (Å²) in [6.45, 7) is 9.95. The molecule has 2 heterocycles. The van der Waals surface area contributed by atoms with Crippen molar-refractivity contribution in [1.82, 2.24) is 10.2 Å². The predicted molar refractivity (Wildman–Crippen MR) is 115 cm³/mol. The number of rotatable bonds is 6. The lowest BCUT2D eigenvalue weighted by Gasteiger charge is -2.33. The highest BCUT2D eigenvalue weighted by Gasteiger charge is 2.27. The highest BCUT2D eigenvalue weighted by atomic mass is 127. The summed E-state index contributed by atoms with van der Waals surface area (Å²) in [6.07, 6.45) is 1.67. The molecular formula is C18H30IN3O2S. The number of halogens is 1. The van der Waals surface area contributed by atoms with E-state index < -0.39 is 0 Å². The number of carbonyl (C=O) groups excluding carboxylic acids is 1. The molecule has 0 bridgehead atoms. The van der Waals surface area contributed by atoms with Crippen LogP contribution in [-0.2, 0) is 9.53 Å². The molecule has 142 valence electrons. The molecule has 0 radical (unpaired) electrons. The Morgan fingerprint density at radius 3 is 2.72 bits per heavy atom. The highest BCUT2D eigenvalue weighted by molar-refractivity contribution is 14.0. The van der Waals surface area contributed by atoms with Crippen LogP contribution >= 0.6 is 35.3 Å². The number of esters is 1. The van der Waals surface area contributed by atoms with Crippen molar-refractivity contribution in [2.24, 2.45) is 10.9 Å². The van der Waals surface area contributed by atoms with Crippen molar-refractivity contribution in [3.63, 3.8) is 0 Å². The van der Waals surface area contributed by atoms with Gasteiger partial charge in [0.05, 0.1) is 19.1 Å². The summed E-state index contributed by atoms with van der Waals surface area (Å²) >= 11 is 1.79. The number of hydrogen-bond acceptors (Lipinski definition) is 4. The Morgan fingerprint density at radius 2 is 2.16 bits per heavy atom. The smallest absolute Gasteiger partial charge is 0.309 e. The molecule has 0 aliphatic carbocycles. The molecule has 1 unspecified atom stereocenters. The van der Waals surface area contributed by atoms with Gasteiger partial charge in [-0.1, -0.05) is 13.0 Å². The molecule has 7 heteroatoms. The molecule has 25 heavy (non-hydrogen) atoms. The van der Waals surface area contributed by atoms with E-state index in [1.54, 1.807) is 11.3 Å². The molecule has 5 nitrogen and oxygen atoms in total. The van der Waals surface area contributed by atoms with Gasteiger partial charge in [-0.15, -0.1) is 35.3 Å². The van der Waals surface area contributed by atoms with Crippen molar-refractivity contribution in [3.05, 3.63) is 22.4 Å². The monoisotopic (exact) mass is 479 g/mol. The van der Waals surface area contributed by atoms with Gasteiger partial charge in [-0.3, -0.25) is 9.79 Å². The van der Waals surface area contributed by atoms with Gasteiger partial charge in [-0.05, 0) is 38.1 Å². The zero-order chi connectivity index (χ0) is 17.4. The summed E-state index contributed by atoms with van der Waals surface area (Å²) in [5, 5.41) is 5.50. The second-order valence-corrected chi connectivity index (χ2v) is 7.10. The number of thiophene rings is 1. The lowest BCUT2D eigenvalue weighted by atomic mass is 9.97. The Kier molecular flexibility index (Phi) is 10.4. The third-order valence-electron chi connectivity index (χ3n) is 4.29. The van der Waals surface area contributed by atoms with Crippen LogP contribution in [-0.4, -0.2) is 49.6 Å². The lowest BCUT2D eigenvalue weighted by Crippen LogP contribution is -2.46. The number of guanidine groups is 1. The maximum atomic E-state index is 11.9. The minimum Gasteiger partial charge on any atom is -0.466 e. The zero-order valence-corrected chi connectivity index (χ0v) is 18.5. The molecule has 0 aromatic carbocycles. The average molecular weight is 479 g/mol. The first kappa shape index (κ1) is 22.2. The number of aliphatic imine (C=N–C) groups is 1. The van der Waals surface area contributed by atoms with Gasteiger partial charge in [0.15, 0.2) is 5.96 Å². The van der Waals surface area contributed by atoms with Crippen LogP contribution in [0.2, 0.25) is 0 Å². The normalized spacial score (nSPS) is 16.9. The van der Waals surface area contributed by atoms with Gasteiger partial charge in [0, 0.05) is 30.4 Å². The molecule has 0 saturated carbocycles. The molecule has 2 rings (SSSR count). The summed E-state index contributed by atoms with van der Waals surface area (Å²) in [7, 11) is 0. The molecule has 0 spiro atoms. The standard InChI is InChI=1S/C18H29N3O2S.HI/c1-4-19-18(20-13-14(3)16-7-6-12-24-16)21-10-8-15(9-11-21)17(22)23-5-2;/h6-7,12,14-15H,4-5,8-11,13H2,1-3H3,(H,19,20);1H. The third kappa shape index (κ3) is 6.77. The number of ether oxygens (including phenoxy) is 1. The number of piperidine rings is 1. The maximum Gasteiger partial charge on any atom is 0.309 e. The van der Waals surface area contributed by atoms with Crippen LogP contribution < -0.4 is 5.32 Å². The molecule has 1 fully saturated rings. The van der Waals surface area contributed by atoms with Gasteiger partial charge in [0.2, 0.25) is 0 Å². The number of likely N-dealkylation sites (tertiary alicyclic amines) is 1. The minimum atomic E-state index is -0.0505. The van der Waals surface area contributed by atoms with Crippen LogP contribution in [0.3, 0.4) is 0 Å². The quantitative estimate of drug-likeness (QED) is 0.293. The van der Waals surface area contributed by atoms with E-state index in [0.717, 1.165) is 45.0 Å². The van der Waals surface area contributed by atoms with Gasteiger partial charge < -0.3 is 15.0 Å². The van der Waals surface area contributed by atoms with E-state index in [4.69, 9.17) is 9.73 Å². The molecule has 0 amide bonds. The van der Waals surface area contributed by atoms with Crippen molar-refractivity contribution < 1.29 is 9.53 Å². The van der Waals surface area contributed by atoms with Gasteiger partial charge >= 0.3 is 5.97 Å². The van der Waals surface area contributed by atoms with E-state index in [-0.39, 0.29) is 35.9 Å². The minimum absolute atomic E-state index is 0. The fraction of sp³-hybridized carbons (Fsp3) is 0.667. The van der Waals surface area contributed by atoms with E-state index in [1.165, 1.54) is 4.88 Å². The number of nitrogens with zero attached hydrogens (tertiary/aromatic N) is 2. The van der Waals surface area contributed by atoms with Crippen LogP contribution in [0.5, 0.6) is 0 Å². The Balaban J connectivity index is 0.00000312. The van der Waals surface area contributed by atoms with Crippen LogP contribution in [0, 0.1) is 5.92 Å². The first-order chi connectivity index (χ1) is 11.7. The van der Waals surface area contributed by atoms with Crippen molar-refractivity contribution in [2.45, 2.75) is 39.5 Å². The highest BCUT2D eigenvalue weighted by Crippen LogP contribution is 2.22. The summed E-state index contributed by atoms with van der Waals surface area (Å²) in [5.41, 5.74) is 0. The lowest BCUT2D eigenvalue weighted by molar-refractivity contribution is -0.149. The van der Waals surface area contributed by atoms with E-state index >= 15 is 0 Å². The average Bonchev–Trinajstić information content (AvgIpc) is 3.13. The van der Waals surface area contributed by atoms with Gasteiger partial charge in [-0.2, -0.15) is 0 Å². The van der Waals surface area contributed by atoms with Gasteiger partial charge in [-0.25, -0.2) is 0 Å². The second-order valence-electron chi connectivity index (χ2n) is 6.12. The zero-order valence-electron chi connectivity index (χ0n) is 15.4. The van der Waals surface area contributed by atoms with E-state index in [9.17, 15) is 4.79 Å². The third-order valence-corrected chi connectivity index (χ3v) is 5.40. The van der Waals surface area contributed by atoms with E-state index in [1.807, 2.05) is 6.92 Å². The number of hydrogen-bond donors (Lipinski definition) is 1. The number of nitrogens with one attached hydrogen (secondary N) is 1. The maximum absolute atomic E-state index is 11.9. The van der Waals surface area contributed by atoms with Crippen LogP contribution in [0.15, 0.2) is 22.5 Å². The SMILES string of the molecule is CCNC(=NCC(C)c1cccs1)N1CCC(C(=O)OCC)CC1.I. The van der Waals surface area contributed by atoms with Crippen molar-refractivity contribution in [3.8, 4) is 0 Å². The van der Waals surface area contributed by atoms with Crippen molar-refractivity contribution >= 4 is 47.2 Å². The first-order valence-electron chi connectivity index (χ1n) is 8.89. The van der Waals surface area contributed by atoms with Crippen molar-refractivity contribution in [1.29, 1.82) is 0 Å². The molecule has 1 atom stereocenters. The first-order valence-corrected chi connectivity index (χ1v) is 9.76. The summed E-state index contributed by atoms with van der Waals surface area (Å²) < 4.78 is 5.14. The van der Waals surface area contributed by atoms with E-state index in [0.29, 0.717) is 12.5 Å². The fourth-order valence-electron chi connectivity index (χ4n) is 2.90. The molecule has 1 aromatic heterocycles. The molecule has 1 aromatic rings. The van der Waals surface area contributed by atoms with Crippen LogP contribution in [0.1, 0.15) is 44.4 Å². The summed E-state index contributed by atoms with van der Waals surface area (Å²) in [6, 6.07) is 4.26. The molecule has 1 aliphatic heterocycles. The van der Waals surface area contributed by atoms with Crippen LogP contribution in [0.25, 0.3) is 0 Å². The Bertz CT molecular complexity index is 528. The molecule has 1 aliphatic rings. The van der Waals surface area contributed by atoms with Gasteiger partial charge in [0.25, 0.3) is 0 Å². The summed E-state index contributed by atoms with van der Waals surface area (Å²) in [4.78, 5) is 20.3. The predicted octanol–water partition coefficient (Wildman–Crippen LogP) is 3.71.